The summed E-state index contributed by atoms with van der Waals surface area (Å²) in [6.45, 7) is 4.18. The topological polar surface area (TPSA) is 29.5 Å². The molecule has 1 aromatic carbocycles. The fourth-order valence-electron chi connectivity index (χ4n) is 3.10. The number of rotatable bonds is 5. The van der Waals surface area contributed by atoms with Gasteiger partial charge in [0.15, 0.2) is 0 Å². The molecule has 0 heterocycles. The van der Waals surface area contributed by atoms with Crippen molar-refractivity contribution in [3.8, 4) is 0 Å². The van der Waals surface area contributed by atoms with Crippen LogP contribution in [0.25, 0.3) is 0 Å². The minimum absolute atomic E-state index is 0.133. The molecule has 0 unspecified atom stereocenters. The van der Waals surface area contributed by atoms with Crippen molar-refractivity contribution in [3.63, 3.8) is 0 Å². The van der Waals surface area contributed by atoms with Gasteiger partial charge < -0.3 is 9.84 Å². The fraction of sp³-hybridized carbons (Fsp3) is 0.667. The van der Waals surface area contributed by atoms with Crippen molar-refractivity contribution in [2.24, 2.45) is 0 Å². The molecule has 1 aliphatic carbocycles. The minimum atomic E-state index is -0.485. The van der Waals surface area contributed by atoms with Crippen LogP contribution in [0, 0.1) is 0 Å². The molecule has 1 aromatic rings. The van der Waals surface area contributed by atoms with E-state index < -0.39 is 5.60 Å². The minimum Gasteiger partial charge on any atom is -0.390 e. The highest BCUT2D eigenvalue weighted by Gasteiger charge is 2.35. The molecule has 0 bridgehead atoms. The molecule has 0 saturated heterocycles. The lowest BCUT2D eigenvalue weighted by Gasteiger charge is -2.38. The van der Waals surface area contributed by atoms with Crippen molar-refractivity contribution >= 4 is 0 Å². The van der Waals surface area contributed by atoms with E-state index >= 15 is 0 Å². The van der Waals surface area contributed by atoms with Gasteiger partial charge in [-0.05, 0) is 63.9 Å². The highest BCUT2D eigenvalue weighted by atomic mass is 16.5. The highest BCUT2D eigenvalue weighted by molar-refractivity contribution is 5.20. The largest absolute Gasteiger partial charge is 0.390 e. The van der Waals surface area contributed by atoms with Crippen molar-refractivity contribution in [1.82, 2.24) is 0 Å². The lowest BCUT2D eigenvalue weighted by molar-refractivity contribution is -0.0449. The van der Waals surface area contributed by atoms with Crippen LogP contribution < -0.4 is 0 Å². The molecule has 0 amide bonds. The van der Waals surface area contributed by atoms with Gasteiger partial charge in [0, 0.05) is 7.11 Å². The van der Waals surface area contributed by atoms with Gasteiger partial charge in [0.05, 0.1) is 11.2 Å². The average Bonchev–Trinajstić information content (AvgIpc) is 2.47. The van der Waals surface area contributed by atoms with Crippen LogP contribution in [0.5, 0.6) is 0 Å². The Labute approximate surface area is 123 Å². The highest BCUT2D eigenvalue weighted by Crippen LogP contribution is 2.40. The van der Waals surface area contributed by atoms with Gasteiger partial charge in [-0.3, -0.25) is 0 Å². The maximum absolute atomic E-state index is 10.7. The lowest BCUT2D eigenvalue weighted by Crippen LogP contribution is -2.36. The van der Waals surface area contributed by atoms with E-state index in [2.05, 4.69) is 44.2 Å². The zero-order valence-corrected chi connectivity index (χ0v) is 13.1. The maximum Gasteiger partial charge on any atom is 0.0649 e. The van der Waals surface area contributed by atoms with Gasteiger partial charge in [-0.1, -0.05) is 30.3 Å². The van der Waals surface area contributed by atoms with Crippen LogP contribution in [-0.2, 0) is 4.74 Å². The second-order valence-electron chi connectivity index (χ2n) is 6.87. The van der Waals surface area contributed by atoms with Crippen molar-refractivity contribution in [1.29, 1.82) is 0 Å². The zero-order valence-electron chi connectivity index (χ0n) is 13.1. The fourth-order valence-corrected chi connectivity index (χ4v) is 3.10. The summed E-state index contributed by atoms with van der Waals surface area (Å²) in [5.41, 5.74) is 0.805. The van der Waals surface area contributed by atoms with E-state index in [1.54, 1.807) is 7.11 Å². The van der Waals surface area contributed by atoms with E-state index in [1.165, 1.54) is 5.56 Å². The van der Waals surface area contributed by atoms with E-state index in [-0.39, 0.29) is 5.60 Å². The molecule has 1 fully saturated rings. The van der Waals surface area contributed by atoms with Gasteiger partial charge in [0.2, 0.25) is 0 Å². The summed E-state index contributed by atoms with van der Waals surface area (Å²) >= 11 is 0. The normalized spacial score (nSPS) is 27.5. The van der Waals surface area contributed by atoms with Crippen LogP contribution in [0.3, 0.4) is 0 Å². The third-order valence-corrected chi connectivity index (χ3v) is 4.93. The van der Waals surface area contributed by atoms with E-state index in [0.29, 0.717) is 5.92 Å². The molecule has 112 valence electrons. The number of ether oxygens (including phenoxy) is 1. The van der Waals surface area contributed by atoms with E-state index in [9.17, 15) is 5.11 Å². The van der Waals surface area contributed by atoms with Crippen LogP contribution in [-0.4, -0.2) is 23.4 Å². The number of benzene rings is 1. The van der Waals surface area contributed by atoms with Gasteiger partial charge in [0.25, 0.3) is 0 Å². The molecule has 2 rings (SSSR count). The van der Waals surface area contributed by atoms with Gasteiger partial charge in [0.1, 0.15) is 0 Å². The van der Waals surface area contributed by atoms with Crippen LogP contribution in [0.1, 0.15) is 63.9 Å². The summed E-state index contributed by atoms with van der Waals surface area (Å²) in [7, 11) is 1.75. The van der Waals surface area contributed by atoms with Gasteiger partial charge in [-0.2, -0.15) is 0 Å². The monoisotopic (exact) mass is 276 g/mol. The molecule has 0 aromatic heterocycles. The van der Waals surface area contributed by atoms with Crippen LogP contribution in [0.15, 0.2) is 30.3 Å². The number of hydrogen-bond acceptors (Lipinski definition) is 2. The molecule has 20 heavy (non-hydrogen) atoms. The predicted octanol–water partition coefficient (Wildman–Crippen LogP) is 4.28. The van der Waals surface area contributed by atoms with Crippen LogP contribution in [0.2, 0.25) is 0 Å². The summed E-state index contributed by atoms with van der Waals surface area (Å²) in [5.74, 6) is 0.618. The number of methoxy groups -OCH3 is 1. The van der Waals surface area contributed by atoms with Gasteiger partial charge in [-0.15, -0.1) is 0 Å². The Bertz CT molecular complexity index is 403. The van der Waals surface area contributed by atoms with E-state index in [0.717, 1.165) is 38.5 Å². The first-order chi connectivity index (χ1) is 9.44. The molecule has 0 spiro atoms. The molecule has 1 saturated carbocycles. The Balaban J connectivity index is 1.87. The summed E-state index contributed by atoms with van der Waals surface area (Å²) in [4.78, 5) is 0. The molecular weight excluding hydrogens is 248 g/mol. The Hall–Kier alpha value is -0.860. The molecule has 1 N–H and O–H groups in total. The molecule has 2 heteroatoms. The third kappa shape index (κ3) is 4.07. The number of aliphatic hydroxyl groups is 1. The molecule has 1 aliphatic rings. The Morgan fingerprint density at radius 2 is 1.80 bits per heavy atom. The van der Waals surface area contributed by atoms with Gasteiger partial charge >= 0.3 is 0 Å². The molecule has 2 nitrogen and oxygen atoms in total. The molecular formula is C18H28O2. The number of hydrogen-bond donors (Lipinski definition) is 1. The Morgan fingerprint density at radius 3 is 2.35 bits per heavy atom. The van der Waals surface area contributed by atoms with Crippen LogP contribution in [0.4, 0.5) is 0 Å². The summed E-state index contributed by atoms with van der Waals surface area (Å²) in [6.07, 6.45) is 5.76. The smallest absolute Gasteiger partial charge is 0.0649 e. The zero-order chi connectivity index (χ0) is 14.6. The standard InChI is InChI=1S/C18H28O2/c1-17(2,20-3)13-14-18(19)11-9-16(10-12-18)15-7-5-4-6-8-15/h4-8,16,19H,9-14H2,1-3H3. The molecule has 0 aliphatic heterocycles. The van der Waals surface area contributed by atoms with Gasteiger partial charge in [-0.25, -0.2) is 0 Å². The Morgan fingerprint density at radius 1 is 1.20 bits per heavy atom. The second-order valence-corrected chi connectivity index (χ2v) is 6.87. The first kappa shape index (κ1) is 15.5. The van der Waals surface area contributed by atoms with E-state index in [1.807, 2.05) is 0 Å². The summed E-state index contributed by atoms with van der Waals surface area (Å²) in [6, 6.07) is 10.7. The summed E-state index contributed by atoms with van der Waals surface area (Å²) in [5, 5.41) is 10.7. The first-order valence-corrected chi connectivity index (χ1v) is 7.77. The van der Waals surface area contributed by atoms with Crippen molar-refractivity contribution in [2.75, 3.05) is 7.11 Å². The quantitative estimate of drug-likeness (QED) is 0.869. The average molecular weight is 276 g/mol. The maximum atomic E-state index is 10.7. The van der Waals surface area contributed by atoms with Crippen LogP contribution >= 0.6 is 0 Å². The predicted molar refractivity (Wildman–Crippen MR) is 82.9 cm³/mol. The summed E-state index contributed by atoms with van der Waals surface area (Å²) < 4.78 is 5.45. The molecule has 0 atom stereocenters. The first-order valence-electron chi connectivity index (χ1n) is 7.77. The van der Waals surface area contributed by atoms with E-state index in [4.69, 9.17) is 4.74 Å². The van der Waals surface area contributed by atoms with Crippen molar-refractivity contribution in [3.05, 3.63) is 35.9 Å². The third-order valence-electron chi connectivity index (χ3n) is 4.93. The van der Waals surface area contributed by atoms with Crippen molar-refractivity contribution in [2.45, 2.75) is 69.5 Å². The lowest BCUT2D eigenvalue weighted by atomic mass is 9.73. The molecule has 0 radical (unpaired) electrons. The Kier molecular flexibility index (Phi) is 4.87. The second kappa shape index (κ2) is 6.28. The van der Waals surface area contributed by atoms with Crippen molar-refractivity contribution < 1.29 is 9.84 Å². The SMILES string of the molecule is COC(C)(C)CCC1(O)CCC(c2ccccc2)CC1.